The molecule has 94 heavy (non-hydrogen) atoms. The highest BCUT2D eigenvalue weighted by molar-refractivity contribution is 6.15. The van der Waals surface area contributed by atoms with E-state index >= 15 is 0 Å². The van der Waals surface area contributed by atoms with E-state index in [-0.39, 0.29) is 23.3 Å². The first-order valence-electron chi connectivity index (χ1n) is 31.5. The van der Waals surface area contributed by atoms with Crippen LogP contribution in [0.25, 0.3) is 166 Å². The van der Waals surface area contributed by atoms with Crippen LogP contribution in [0.2, 0.25) is 0 Å². The summed E-state index contributed by atoms with van der Waals surface area (Å²) >= 11 is 0. The van der Waals surface area contributed by atoms with Crippen LogP contribution in [-0.2, 0) is 0 Å². The minimum Gasteiger partial charge on any atom is -0.309 e. The van der Waals surface area contributed by atoms with Crippen LogP contribution in [0.15, 0.2) is 291 Å². The van der Waals surface area contributed by atoms with E-state index in [0.29, 0.717) is 0 Å². The molecule has 4 aromatic heterocycles. The van der Waals surface area contributed by atoms with Crippen molar-refractivity contribution in [2.45, 2.75) is 13.8 Å². The first kappa shape index (κ1) is 54.9. The molecule has 18 rings (SSSR count). The predicted octanol–water partition coefficient (Wildman–Crippen LogP) is 23.6. The molecule has 0 bridgehead atoms. The molecule has 0 N–H and O–H groups in total. The van der Waals surface area contributed by atoms with Crippen LogP contribution in [0.5, 0.6) is 0 Å². The second-order valence-electron chi connectivity index (χ2n) is 24.6. The third kappa shape index (κ3) is 8.67. The van der Waals surface area contributed by atoms with E-state index in [1.54, 1.807) is 0 Å². The maximum Gasteiger partial charge on any atom is 0.123 e. The van der Waals surface area contributed by atoms with Gasteiger partial charge in [0.25, 0.3) is 0 Å². The molecule has 0 saturated heterocycles. The standard InChI is InChI=1S/C86H54F4N4/c1-51-71(53-19-39-83-75(43-53)67-11-3-7-15-79(67)91(83)63-31-23-59(87)24-32-63)47-57(48-72(51)54-20-40-84-76(44-54)68-12-4-8-16-80(68)92(84)64-33-25-60(88)26-34-64)58-49-73(55-21-41-85-77(45-55)69-13-5-9-17-81(69)93(85)65-35-27-61(89)28-36-65)52(2)74(50-58)56-22-42-86-78(46-56)70-14-6-10-18-82(70)94(86)66-37-29-62(90)30-38-66/h3-50H,1-2H3. The Bertz CT molecular complexity index is 5400. The average molecular weight is 1220 g/mol. The Balaban J connectivity index is 0.899. The summed E-state index contributed by atoms with van der Waals surface area (Å²) in [6.45, 7) is 4.46. The molecule has 0 aliphatic heterocycles. The normalized spacial score (nSPS) is 11.9. The van der Waals surface area contributed by atoms with Gasteiger partial charge in [-0.2, -0.15) is 0 Å². The van der Waals surface area contributed by atoms with Crippen LogP contribution in [-0.4, -0.2) is 18.3 Å². The van der Waals surface area contributed by atoms with Gasteiger partial charge in [-0.05, 0) is 275 Å². The molecule has 0 unspecified atom stereocenters. The molecule has 0 radical (unpaired) electrons. The lowest BCUT2D eigenvalue weighted by Crippen LogP contribution is -1.96. The molecule has 0 aliphatic carbocycles. The minimum absolute atomic E-state index is 0.288. The van der Waals surface area contributed by atoms with Gasteiger partial charge >= 0.3 is 0 Å². The van der Waals surface area contributed by atoms with Crippen molar-refractivity contribution in [3.63, 3.8) is 0 Å². The quantitative estimate of drug-likeness (QED) is 0.128. The number of hydrogen-bond donors (Lipinski definition) is 0. The zero-order valence-corrected chi connectivity index (χ0v) is 51.0. The number of fused-ring (bicyclic) bond motifs is 12. The van der Waals surface area contributed by atoms with Gasteiger partial charge in [-0.25, -0.2) is 17.6 Å². The average Bonchev–Trinajstić information content (AvgIpc) is 1.48. The first-order chi connectivity index (χ1) is 46.1. The van der Waals surface area contributed by atoms with Crippen molar-refractivity contribution >= 4 is 87.2 Å². The minimum atomic E-state index is -0.288. The summed E-state index contributed by atoms with van der Waals surface area (Å²) in [4.78, 5) is 0. The summed E-state index contributed by atoms with van der Waals surface area (Å²) in [6, 6.07) is 96.8. The first-order valence-corrected chi connectivity index (χ1v) is 31.5. The van der Waals surface area contributed by atoms with Crippen LogP contribution >= 0.6 is 0 Å². The summed E-state index contributed by atoms with van der Waals surface area (Å²) in [5.41, 5.74) is 24.3. The zero-order chi connectivity index (χ0) is 63.0. The van der Waals surface area contributed by atoms with E-state index in [9.17, 15) is 17.6 Å². The Hall–Kier alpha value is -12.0. The molecule has 8 heteroatoms. The molecule has 0 fully saturated rings. The van der Waals surface area contributed by atoms with Gasteiger partial charge in [-0.15, -0.1) is 0 Å². The lowest BCUT2D eigenvalue weighted by Gasteiger charge is -2.20. The van der Waals surface area contributed by atoms with Crippen molar-refractivity contribution in [3.05, 3.63) is 326 Å². The van der Waals surface area contributed by atoms with Crippen molar-refractivity contribution < 1.29 is 17.6 Å². The molecule has 0 aliphatic rings. The van der Waals surface area contributed by atoms with E-state index in [4.69, 9.17) is 0 Å². The van der Waals surface area contributed by atoms with E-state index < -0.39 is 0 Å². The number of rotatable bonds is 9. The molecule has 446 valence electrons. The SMILES string of the molecule is Cc1c(-c2ccc3c(c2)c2ccccc2n3-c2ccc(F)cc2)cc(-c2cc(-c3ccc4c(c3)c3ccccc3n4-c3ccc(F)cc3)c(C)c(-c3ccc4c(c3)c3ccccc3n4-c3ccc(F)cc3)c2)cc1-c1ccc2c(c1)c1ccccc1n2-c1ccc(F)cc1. The molecular formula is C86H54F4N4. The molecule has 0 amide bonds. The topological polar surface area (TPSA) is 19.7 Å². The fourth-order valence-electron chi connectivity index (χ4n) is 15.0. The highest BCUT2D eigenvalue weighted by Gasteiger charge is 2.23. The summed E-state index contributed by atoms with van der Waals surface area (Å²) < 4.78 is 66.9. The van der Waals surface area contributed by atoms with Crippen LogP contribution < -0.4 is 0 Å². The summed E-state index contributed by atoms with van der Waals surface area (Å²) in [7, 11) is 0. The summed E-state index contributed by atoms with van der Waals surface area (Å²) in [5, 5.41) is 8.65. The van der Waals surface area contributed by atoms with E-state index in [1.807, 2.05) is 48.5 Å². The Labute approximate surface area is 537 Å². The van der Waals surface area contributed by atoms with E-state index in [1.165, 1.54) is 48.5 Å². The van der Waals surface area contributed by atoms with Crippen molar-refractivity contribution in [3.8, 4) is 78.4 Å². The molecule has 0 atom stereocenters. The number of para-hydroxylation sites is 4. The fourth-order valence-corrected chi connectivity index (χ4v) is 15.0. The molecule has 0 saturated carbocycles. The highest BCUT2D eigenvalue weighted by atomic mass is 19.1. The number of nitrogens with zero attached hydrogens (tertiary/aromatic N) is 4. The van der Waals surface area contributed by atoms with Gasteiger partial charge in [-0.1, -0.05) is 97.1 Å². The molecule has 14 aromatic carbocycles. The third-order valence-electron chi connectivity index (χ3n) is 19.4. The smallest absolute Gasteiger partial charge is 0.123 e. The van der Waals surface area contributed by atoms with Crippen molar-refractivity contribution in [2.24, 2.45) is 0 Å². The Morgan fingerprint density at radius 1 is 0.191 bits per heavy atom. The van der Waals surface area contributed by atoms with Gasteiger partial charge < -0.3 is 18.3 Å². The van der Waals surface area contributed by atoms with Crippen LogP contribution in [0.3, 0.4) is 0 Å². The highest BCUT2D eigenvalue weighted by Crippen LogP contribution is 2.47. The van der Waals surface area contributed by atoms with Crippen molar-refractivity contribution in [1.82, 2.24) is 18.3 Å². The van der Waals surface area contributed by atoms with E-state index in [0.717, 1.165) is 177 Å². The van der Waals surface area contributed by atoms with Gasteiger partial charge in [0.15, 0.2) is 0 Å². The van der Waals surface area contributed by atoms with Crippen LogP contribution in [0.4, 0.5) is 17.6 Å². The molecular weight excluding hydrogens is 1160 g/mol. The number of aromatic nitrogens is 4. The number of benzene rings is 14. The maximum absolute atomic E-state index is 14.5. The second-order valence-corrected chi connectivity index (χ2v) is 24.6. The third-order valence-corrected chi connectivity index (χ3v) is 19.4. The van der Waals surface area contributed by atoms with Gasteiger partial charge in [0.1, 0.15) is 23.3 Å². The van der Waals surface area contributed by atoms with Crippen LogP contribution in [0, 0.1) is 37.1 Å². The molecule has 0 spiro atoms. The zero-order valence-electron chi connectivity index (χ0n) is 51.0. The predicted molar refractivity (Wildman–Crippen MR) is 380 cm³/mol. The largest absolute Gasteiger partial charge is 0.309 e. The van der Waals surface area contributed by atoms with E-state index in [2.05, 4.69) is 226 Å². The van der Waals surface area contributed by atoms with Gasteiger partial charge in [0.2, 0.25) is 0 Å². The maximum atomic E-state index is 14.5. The number of halogens is 4. The summed E-state index contributed by atoms with van der Waals surface area (Å²) in [6.07, 6.45) is 0. The lowest BCUT2D eigenvalue weighted by molar-refractivity contribution is 0.627. The van der Waals surface area contributed by atoms with Crippen molar-refractivity contribution in [2.75, 3.05) is 0 Å². The number of hydrogen-bond acceptors (Lipinski definition) is 0. The van der Waals surface area contributed by atoms with Gasteiger partial charge in [-0.3, -0.25) is 0 Å². The molecule has 18 aromatic rings. The lowest BCUT2D eigenvalue weighted by atomic mass is 9.84. The van der Waals surface area contributed by atoms with Crippen molar-refractivity contribution in [1.29, 1.82) is 0 Å². The van der Waals surface area contributed by atoms with Crippen LogP contribution in [0.1, 0.15) is 11.1 Å². The Morgan fingerprint density at radius 3 is 0.617 bits per heavy atom. The fraction of sp³-hybridized carbons (Fsp3) is 0.0233. The molecule has 4 heterocycles. The van der Waals surface area contributed by atoms with Gasteiger partial charge in [0.05, 0.1) is 44.1 Å². The Kier molecular flexibility index (Phi) is 12.4. The monoisotopic (exact) mass is 1220 g/mol. The summed E-state index contributed by atoms with van der Waals surface area (Å²) in [5.74, 6) is -1.15. The molecule has 4 nitrogen and oxygen atoms in total. The van der Waals surface area contributed by atoms with Gasteiger partial charge in [0, 0.05) is 65.8 Å². The Morgan fingerprint density at radius 2 is 0.394 bits per heavy atom. The second kappa shape index (κ2) is 21.3.